The summed E-state index contributed by atoms with van der Waals surface area (Å²) < 4.78 is 0. The van der Waals surface area contributed by atoms with Gasteiger partial charge in [0.25, 0.3) is 0 Å². The van der Waals surface area contributed by atoms with Crippen LogP contribution >= 0.6 is 0 Å². The van der Waals surface area contributed by atoms with Crippen LogP contribution < -0.4 is 5.23 Å². The maximum atomic E-state index is 12.5. The lowest BCUT2D eigenvalue weighted by molar-refractivity contribution is -0.131. The molecule has 2 N–H and O–H groups in total. The average Bonchev–Trinajstić information content (AvgIpc) is 2.82. The van der Waals surface area contributed by atoms with Crippen LogP contribution in [0.4, 0.5) is 0 Å². The van der Waals surface area contributed by atoms with Crippen LogP contribution in [0, 0.1) is 19.8 Å². The van der Waals surface area contributed by atoms with Gasteiger partial charge in [-0.1, -0.05) is 23.8 Å². The molecular formula is C17H25BN2O3. The SMILES string of the molecule is CB(O)NC(C=O)CC1CCN(Cc2ccc(C)cc2C)C1=O. The Labute approximate surface area is 138 Å². The second-order valence-electron chi connectivity index (χ2n) is 6.50. The smallest absolute Gasteiger partial charge is 0.374 e. The predicted molar refractivity (Wildman–Crippen MR) is 90.9 cm³/mol. The monoisotopic (exact) mass is 316 g/mol. The number of aldehydes is 1. The molecule has 1 saturated heterocycles. The van der Waals surface area contributed by atoms with Crippen LogP contribution in [0.2, 0.25) is 6.82 Å². The highest BCUT2D eigenvalue weighted by Crippen LogP contribution is 2.25. The first-order valence-corrected chi connectivity index (χ1v) is 8.15. The lowest BCUT2D eigenvalue weighted by Crippen LogP contribution is -2.42. The standard InChI is InChI=1S/C17H25BN2O3/c1-12-4-5-15(13(2)8-12)10-20-7-6-14(17(20)22)9-16(11-21)19-18(3)23/h4-5,8,11,14,16,19,23H,6-7,9-10H2,1-3H3. The number of benzene rings is 1. The third-order valence-corrected chi connectivity index (χ3v) is 4.43. The van der Waals surface area contributed by atoms with Gasteiger partial charge in [-0.2, -0.15) is 0 Å². The van der Waals surface area contributed by atoms with Crippen LogP contribution in [0.1, 0.15) is 29.5 Å². The van der Waals surface area contributed by atoms with Gasteiger partial charge in [0, 0.05) is 19.0 Å². The highest BCUT2D eigenvalue weighted by atomic mass is 16.2. The van der Waals surface area contributed by atoms with E-state index in [-0.39, 0.29) is 11.8 Å². The third-order valence-electron chi connectivity index (χ3n) is 4.43. The number of carbonyl (C=O) groups is 2. The summed E-state index contributed by atoms with van der Waals surface area (Å²) in [7, 11) is -0.756. The van der Waals surface area contributed by atoms with Gasteiger partial charge in [0.15, 0.2) is 0 Å². The summed E-state index contributed by atoms with van der Waals surface area (Å²) in [5, 5.41) is 12.1. The second-order valence-corrected chi connectivity index (χ2v) is 6.50. The van der Waals surface area contributed by atoms with Gasteiger partial charge < -0.3 is 19.9 Å². The molecule has 5 nitrogen and oxygen atoms in total. The molecule has 1 aromatic carbocycles. The number of amides is 1. The van der Waals surface area contributed by atoms with Crippen molar-refractivity contribution in [1.29, 1.82) is 0 Å². The molecule has 6 heteroatoms. The van der Waals surface area contributed by atoms with Gasteiger partial charge in [-0.05, 0) is 44.6 Å². The zero-order chi connectivity index (χ0) is 17.0. The van der Waals surface area contributed by atoms with Crippen LogP contribution in [0.3, 0.4) is 0 Å². The molecule has 1 aliphatic rings. The van der Waals surface area contributed by atoms with Crippen molar-refractivity contribution in [3.63, 3.8) is 0 Å². The van der Waals surface area contributed by atoms with Crippen molar-refractivity contribution in [2.45, 2.75) is 46.1 Å². The number of rotatable bonds is 7. The number of aryl methyl sites for hydroxylation is 2. The Kier molecular flexibility index (Phi) is 5.96. The van der Waals surface area contributed by atoms with Crippen molar-refractivity contribution in [1.82, 2.24) is 10.1 Å². The zero-order valence-electron chi connectivity index (χ0n) is 14.1. The van der Waals surface area contributed by atoms with Crippen molar-refractivity contribution in [3.05, 3.63) is 34.9 Å². The minimum Gasteiger partial charge on any atom is -0.437 e. The van der Waals surface area contributed by atoms with E-state index in [4.69, 9.17) is 0 Å². The van der Waals surface area contributed by atoms with E-state index in [1.165, 1.54) is 16.7 Å². The number of hydrogen-bond acceptors (Lipinski definition) is 4. The topological polar surface area (TPSA) is 69.6 Å². The van der Waals surface area contributed by atoms with Crippen molar-refractivity contribution in [3.8, 4) is 0 Å². The van der Waals surface area contributed by atoms with Crippen LogP contribution in [0.5, 0.6) is 0 Å². The highest BCUT2D eigenvalue weighted by molar-refractivity contribution is 6.45. The normalized spacial score (nSPS) is 19.0. The summed E-state index contributed by atoms with van der Waals surface area (Å²) in [5.41, 5.74) is 3.58. The first kappa shape index (κ1) is 17.7. The molecule has 1 heterocycles. The molecule has 0 saturated carbocycles. The molecule has 1 fully saturated rings. The number of hydrogen-bond donors (Lipinski definition) is 2. The Bertz CT molecular complexity index is 577. The van der Waals surface area contributed by atoms with E-state index in [9.17, 15) is 14.6 Å². The molecule has 2 rings (SSSR count). The lowest BCUT2D eigenvalue weighted by atomic mass is 9.85. The molecule has 1 aromatic rings. The van der Waals surface area contributed by atoms with Crippen LogP contribution in [0.15, 0.2) is 18.2 Å². The maximum absolute atomic E-state index is 12.5. The molecular weight excluding hydrogens is 291 g/mol. The van der Waals surface area contributed by atoms with Gasteiger partial charge in [-0.15, -0.1) is 0 Å². The Morgan fingerprint density at radius 2 is 2.22 bits per heavy atom. The van der Waals surface area contributed by atoms with E-state index >= 15 is 0 Å². The zero-order valence-corrected chi connectivity index (χ0v) is 14.1. The highest BCUT2D eigenvalue weighted by Gasteiger charge is 2.33. The van der Waals surface area contributed by atoms with Gasteiger partial charge >= 0.3 is 7.05 Å². The van der Waals surface area contributed by atoms with Crippen LogP contribution in [-0.4, -0.2) is 41.8 Å². The van der Waals surface area contributed by atoms with E-state index in [2.05, 4.69) is 37.3 Å². The fourth-order valence-corrected chi connectivity index (χ4v) is 3.19. The summed E-state index contributed by atoms with van der Waals surface area (Å²) >= 11 is 0. The molecule has 1 aliphatic heterocycles. The minimum absolute atomic E-state index is 0.101. The van der Waals surface area contributed by atoms with E-state index in [0.717, 1.165) is 19.3 Å². The molecule has 0 bridgehead atoms. The number of likely N-dealkylation sites (tertiary alicyclic amines) is 1. The first-order valence-electron chi connectivity index (χ1n) is 8.15. The van der Waals surface area contributed by atoms with Crippen molar-refractivity contribution in [2.75, 3.05) is 6.54 Å². The summed E-state index contributed by atoms with van der Waals surface area (Å²) in [6.45, 7) is 7.03. The Balaban J connectivity index is 1.97. The average molecular weight is 316 g/mol. The van der Waals surface area contributed by atoms with Gasteiger partial charge in [0.05, 0.1) is 6.04 Å². The first-order chi connectivity index (χ1) is 10.9. The van der Waals surface area contributed by atoms with Gasteiger partial charge in [-0.25, -0.2) is 0 Å². The predicted octanol–water partition coefficient (Wildman–Crippen LogP) is 1.31. The van der Waals surface area contributed by atoms with Gasteiger partial charge in [0.2, 0.25) is 5.91 Å². The van der Waals surface area contributed by atoms with Gasteiger partial charge in [0.1, 0.15) is 6.29 Å². The second kappa shape index (κ2) is 7.75. The Morgan fingerprint density at radius 3 is 2.83 bits per heavy atom. The third kappa shape index (κ3) is 4.66. The Hall–Kier alpha value is -1.66. The molecule has 2 unspecified atom stereocenters. The maximum Gasteiger partial charge on any atom is 0.374 e. The fraction of sp³-hybridized carbons (Fsp3) is 0.529. The van der Waals surface area contributed by atoms with Crippen molar-refractivity contribution in [2.24, 2.45) is 5.92 Å². The number of carbonyl (C=O) groups excluding carboxylic acids is 2. The fourth-order valence-electron chi connectivity index (χ4n) is 3.19. The molecule has 124 valence electrons. The molecule has 1 amide bonds. The molecule has 0 radical (unpaired) electrons. The largest absolute Gasteiger partial charge is 0.437 e. The van der Waals surface area contributed by atoms with Gasteiger partial charge in [-0.3, -0.25) is 4.79 Å². The number of nitrogens with one attached hydrogen (secondary N) is 1. The molecule has 0 aliphatic carbocycles. The van der Waals surface area contributed by atoms with E-state index in [1.54, 1.807) is 6.82 Å². The molecule has 2 atom stereocenters. The van der Waals surface area contributed by atoms with Crippen LogP contribution in [0.25, 0.3) is 0 Å². The van der Waals surface area contributed by atoms with E-state index < -0.39 is 13.1 Å². The number of nitrogens with zero attached hydrogens (tertiary/aromatic N) is 1. The summed E-state index contributed by atoms with van der Waals surface area (Å²) in [6, 6.07) is 5.79. The summed E-state index contributed by atoms with van der Waals surface area (Å²) in [6.07, 6.45) is 1.97. The lowest BCUT2D eigenvalue weighted by Gasteiger charge is -2.20. The van der Waals surface area contributed by atoms with E-state index in [1.807, 2.05) is 4.90 Å². The molecule has 23 heavy (non-hydrogen) atoms. The summed E-state index contributed by atoms with van der Waals surface area (Å²) in [5.74, 6) is -0.0496. The van der Waals surface area contributed by atoms with Crippen LogP contribution in [-0.2, 0) is 16.1 Å². The quantitative estimate of drug-likeness (QED) is 0.588. The molecule has 0 aromatic heterocycles. The summed E-state index contributed by atoms with van der Waals surface area (Å²) in [4.78, 5) is 25.5. The minimum atomic E-state index is -0.756. The van der Waals surface area contributed by atoms with E-state index in [0.29, 0.717) is 13.0 Å². The van der Waals surface area contributed by atoms with Crippen molar-refractivity contribution >= 4 is 19.2 Å². The van der Waals surface area contributed by atoms with Crippen molar-refractivity contribution < 1.29 is 14.6 Å². The molecule has 0 spiro atoms. The Morgan fingerprint density at radius 1 is 1.48 bits per heavy atom.